The first kappa shape index (κ1) is 27.5. The summed E-state index contributed by atoms with van der Waals surface area (Å²) in [4.78, 5) is 0. The van der Waals surface area contributed by atoms with Gasteiger partial charge < -0.3 is 5.32 Å². The molecule has 0 bridgehead atoms. The van der Waals surface area contributed by atoms with Crippen LogP contribution in [0.25, 0.3) is 45.0 Å². The second-order valence-electron chi connectivity index (χ2n) is 10.3. The second-order valence-corrected chi connectivity index (χ2v) is 10.3. The summed E-state index contributed by atoms with van der Waals surface area (Å²) >= 11 is 0. The fourth-order valence-electron chi connectivity index (χ4n) is 5.05. The molecule has 0 spiro atoms. The molecular weight excluding hydrogens is 518 g/mol. The van der Waals surface area contributed by atoms with E-state index in [1.165, 1.54) is 38.9 Å². The van der Waals surface area contributed by atoms with Crippen molar-refractivity contribution < 1.29 is 0 Å². The summed E-state index contributed by atoms with van der Waals surface area (Å²) in [6.45, 7) is 0. The predicted molar refractivity (Wildman–Crippen MR) is 185 cm³/mol. The monoisotopic (exact) mass is 551 g/mol. The van der Waals surface area contributed by atoms with Crippen LogP contribution in [0.2, 0.25) is 0 Å². The summed E-state index contributed by atoms with van der Waals surface area (Å²) in [6, 6.07) is 57.4. The third-order valence-corrected chi connectivity index (χ3v) is 7.39. The summed E-state index contributed by atoms with van der Waals surface area (Å²) in [5.41, 5.74) is 11.8. The lowest BCUT2D eigenvalue weighted by molar-refractivity contribution is 1.55. The zero-order chi connectivity index (χ0) is 29.1. The summed E-state index contributed by atoms with van der Waals surface area (Å²) in [5, 5.41) is 3.41. The van der Waals surface area contributed by atoms with E-state index in [0.29, 0.717) is 0 Å². The molecule has 0 heterocycles. The number of hydrogen-bond donors (Lipinski definition) is 1. The molecule has 0 aliphatic heterocycles. The van der Waals surface area contributed by atoms with Gasteiger partial charge in [-0.1, -0.05) is 164 Å². The number of benzene rings is 6. The van der Waals surface area contributed by atoms with Crippen molar-refractivity contribution in [2.24, 2.45) is 0 Å². The van der Waals surface area contributed by atoms with Crippen LogP contribution in [0.3, 0.4) is 0 Å². The van der Waals surface area contributed by atoms with Crippen LogP contribution in [0.15, 0.2) is 188 Å². The Balaban J connectivity index is 1.13. The Morgan fingerprint density at radius 1 is 0.442 bits per heavy atom. The van der Waals surface area contributed by atoms with E-state index >= 15 is 0 Å². The van der Waals surface area contributed by atoms with Crippen molar-refractivity contribution in [1.82, 2.24) is 0 Å². The molecule has 43 heavy (non-hydrogen) atoms. The Labute approximate surface area is 254 Å². The van der Waals surface area contributed by atoms with E-state index in [4.69, 9.17) is 0 Å². The van der Waals surface area contributed by atoms with Crippen LogP contribution < -0.4 is 5.32 Å². The molecule has 6 rings (SSSR count). The van der Waals surface area contributed by atoms with E-state index in [1.54, 1.807) is 0 Å². The van der Waals surface area contributed by atoms with Crippen LogP contribution in [0.5, 0.6) is 0 Å². The minimum absolute atomic E-state index is 1.04. The molecule has 0 radical (unpaired) electrons. The summed E-state index contributed by atoms with van der Waals surface area (Å²) in [7, 11) is 0. The lowest BCUT2D eigenvalue weighted by Crippen LogP contribution is -1.87. The molecule has 0 aromatic heterocycles. The van der Waals surface area contributed by atoms with Gasteiger partial charge in [-0.05, 0) is 74.4 Å². The molecule has 6 aromatic rings. The Kier molecular flexibility index (Phi) is 8.83. The minimum Gasteiger partial charge on any atom is -0.362 e. The van der Waals surface area contributed by atoms with Crippen LogP contribution in [-0.4, -0.2) is 0 Å². The second kappa shape index (κ2) is 13.8. The zero-order valence-electron chi connectivity index (χ0n) is 24.0. The smallest absolute Gasteiger partial charge is 0.0380 e. The van der Waals surface area contributed by atoms with E-state index in [-0.39, 0.29) is 0 Å². The maximum absolute atomic E-state index is 3.41. The van der Waals surface area contributed by atoms with Crippen molar-refractivity contribution in [3.63, 3.8) is 0 Å². The van der Waals surface area contributed by atoms with Crippen LogP contribution in [0.4, 0.5) is 5.69 Å². The number of nitrogens with one attached hydrogen (secondary N) is 1. The third kappa shape index (κ3) is 7.35. The Morgan fingerprint density at radius 2 is 0.930 bits per heavy atom. The molecule has 0 fully saturated rings. The number of hydrogen-bond acceptors (Lipinski definition) is 1. The summed E-state index contributed by atoms with van der Waals surface area (Å²) in [6.07, 6.45) is 10.5. The molecule has 0 amide bonds. The Hall–Kier alpha value is -5.66. The minimum atomic E-state index is 1.04. The average Bonchev–Trinajstić information content (AvgIpc) is 3.10. The number of anilines is 1. The number of rotatable bonds is 9. The van der Waals surface area contributed by atoms with Crippen LogP contribution >= 0.6 is 0 Å². The highest BCUT2D eigenvalue weighted by atomic mass is 14.8. The summed E-state index contributed by atoms with van der Waals surface area (Å²) < 4.78 is 0. The molecule has 1 heteroatoms. The molecule has 0 unspecified atom stereocenters. The molecule has 206 valence electrons. The normalized spacial score (nSPS) is 11.7. The Bertz CT molecular complexity index is 1830. The molecule has 6 aromatic carbocycles. The van der Waals surface area contributed by atoms with Crippen molar-refractivity contribution in [3.8, 4) is 33.4 Å². The van der Waals surface area contributed by atoms with Gasteiger partial charge in [-0.15, -0.1) is 0 Å². The quantitative estimate of drug-likeness (QED) is 0.176. The van der Waals surface area contributed by atoms with E-state index in [1.807, 2.05) is 18.3 Å². The van der Waals surface area contributed by atoms with Gasteiger partial charge in [0.2, 0.25) is 0 Å². The zero-order valence-corrected chi connectivity index (χ0v) is 24.0. The van der Waals surface area contributed by atoms with Gasteiger partial charge >= 0.3 is 0 Å². The molecule has 1 N–H and O–H groups in total. The van der Waals surface area contributed by atoms with Gasteiger partial charge in [-0.25, -0.2) is 0 Å². The van der Waals surface area contributed by atoms with Gasteiger partial charge in [-0.2, -0.15) is 0 Å². The van der Waals surface area contributed by atoms with Gasteiger partial charge in [0.1, 0.15) is 0 Å². The molecule has 0 saturated carbocycles. The van der Waals surface area contributed by atoms with E-state index in [0.717, 1.165) is 16.8 Å². The highest BCUT2D eigenvalue weighted by Crippen LogP contribution is 2.27. The highest BCUT2D eigenvalue weighted by molar-refractivity contribution is 5.80. The molecule has 0 aliphatic rings. The third-order valence-electron chi connectivity index (χ3n) is 7.39. The maximum Gasteiger partial charge on any atom is 0.0380 e. The largest absolute Gasteiger partial charge is 0.362 e. The maximum atomic E-state index is 3.41. The first-order valence-corrected chi connectivity index (χ1v) is 14.6. The molecule has 0 saturated heterocycles. The molecular formula is C42H33N. The van der Waals surface area contributed by atoms with Gasteiger partial charge in [0.15, 0.2) is 0 Å². The van der Waals surface area contributed by atoms with Crippen molar-refractivity contribution in [2.75, 3.05) is 5.32 Å². The first-order valence-electron chi connectivity index (χ1n) is 14.6. The van der Waals surface area contributed by atoms with Crippen LogP contribution in [0, 0.1) is 0 Å². The fourth-order valence-corrected chi connectivity index (χ4v) is 5.05. The lowest BCUT2D eigenvalue weighted by atomic mass is 9.99. The molecule has 1 nitrogen and oxygen atoms in total. The summed E-state index contributed by atoms with van der Waals surface area (Å²) in [5.74, 6) is 0. The fraction of sp³-hybridized carbons (Fsp3) is 0. The van der Waals surface area contributed by atoms with Gasteiger partial charge in [0.05, 0.1) is 0 Å². The van der Waals surface area contributed by atoms with Gasteiger partial charge in [0.25, 0.3) is 0 Å². The predicted octanol–water partition coefficient (Wildman–Crippen LogP) is 11.4. The molecule has 0 atom stereocenters. The van der Waals surface area contributed by atoms with Crippen LogP contribution in [0.1, 0.15) is 11.1 Å². The lowest BCUT2D eigenvalue weighted by Gasteiger charge is -2.07. The van der Waals surface area contributed by atoms with Crippen LogP contribution in [-0.2, 0) is 0 Å². The van der Waals surface area contributed by atoms with Crippen molar-refractivity contribution >= 4 is 17.3 Å². The molecule has 0 aliphatic carbocycles. The van der Waals surface area contributed by atoms with Crippen molar-refractivity contribution in [1.29, 1.82) is 0 Å². The van der Waals surface area contributed by atoms with E-state index < -0.39 is 0 Å². The standard InChI is InChI=1S/C42H33N/c1-4-12-34(13-5-1)37(24-21-33-22-25-38(26-23-33)35-14-6-2-7-15-35)20-11-31-43-42-29-27-39(28-30-42)41-19-10-18-40(32-41)36-16-8-3-9-17-36/h1-32,43H/b24-21-,31-11+,37-20+. The SMILES string of the molecule is C(=C/c1ccc(-c2ccccc2)cc1)/C(=C\C=C\Nc1ccc(-c2cccc(-c3ccccc3)c2)cc1)c1ccccc1. The average molecular weight is 552 g/mol. The van der Waals surface area contributed by atoms with Gasteiger partial charge in [-0.3, -0.25) is 0 Å². The van der Waals surface area contributed by atoms with E-state index in [2.05, 4.69) is 181 Å². The van der Waals surface area contributed by atoms with Crippen molar-refractivity contribution in [2.45, 2.75) is 0 Å². The topological polar surface area (TPSA) is 12.0 Å². The van der Waals surface area contributed by atoms with Gasteiger partial charge in [0, 0.05) is 11.9 Å². The highest BCUT2D eigenvalue weighted by Gasteiger charge is 2.02. The number of allylic oxidation sites excluding steroid dienone is 4. The van der Waals surface area contributed by atoms with Crippen molar-refractivity contribution in [3.05, 3.63) is 199 Å². The Morgan fingerprint density at radius 3 is 1.56 bits per heavy atom. The van der Waals surface area contributed by atoms with E-state index in [9.17, 15) is 0 Å². The first-order chi connectivity index (χ1) is 21.3.